The third-order valence-corrected chi connectivity index (χ3v) is 7.54. The monoisotopic (exact) mass is 550 g/mol. The highest BCUT2D eigenvalue weighted by Crippen LogP contribution is 2.31. The van der Waals surface area contributed by atoms with Gasteiger partial charge in [0, 0.05) is 41.2 Å². The molecule has 4 aromatic rings. The first-order valence-electron chi connectivity index (χ1n) is 12.7. The van der Waals surface area contributed by atoms with Crippen molar-refractivity contribution in [3.8, 4) is 11.5 Å². The molecule has 2 aromatic heterocycles. The molecule has 39 heavy (non-hydrogen) atoms. The molecule has 1 aliphatic heterocycles. The Labute approximate surface area is 228 Å². The SMILES string of the molecule is CCn1cnc2c1c(=O)[nH]c(=O)n2Cc1cc(OC)c(CNSc2ccc3c(c2)CCCC(=O)N3)cc1OC. The number of fused-ring (bicyclic) bond motifs is 2. The summed E-state index contributed by atoms with van der Waals surface area (Å²) in [6.07, 6.45) is 3.79. The molecule has 0 radical (unpaired) electrons. The molecule has 1 amide bonds. The number of imidazole rings is 1. The van der Waals surface area contributed by atoms with Gasteiger partial charge in [0.15, 0.2) is 11.2 Å². The summed E-state index contributed by atoms with van der Waals surface area (Å²) < 4.78 is 17.8. The van der Waals surface area contributed by atoms with Crippen LogP contribution < -0.4 is 30.8 Å². The van der Waals surface area contributed by atoms with Crippen molar-refractivity contribution >= 4 is 34.7 Å². The highest BCUT2D eigenvalue weighted by atomic mass is 32.2. The number of aromatic amines is 1. The molecule has 3 N–H and O–H groups in total. The van der Waals surface area contributed by atoms with Crippen LogP contribution in [0.3, 0.4) is 0 Å². The van der Waals surface area contributed by atoms with E-state index < -0.39 is 11.2 Å². The fourth-order valence-electron chi connectivity index (χ4n) is 4.78. The molecule has 0 saturated carbocycles. The van der Waals surface area contributed by atoms with Crippen molar-refractivity contribution in [2.24, 2.45) is 0 Å². The summed E-state index contributed by atoms with van der Waals surface area (Å²) in [5.74, 6) is 1.28. The molecule has 3 heterocycles. The van der Waals surface area contributed by atoms with Crippen molar-refractivity contribution in [1.29, 1.82) is 0 Å². The van der Waals surface area contributed by atoms with Crippen LogP contribution in [0.5, 0.6) is 11.5 Å². The van der Waals surface area contributed by atoms with E-state index in [-0.39, 0.29) is 12.5 Å². The van der Waals surface area contributed by atoms with Gasteiger partial charge in [-0.05, 0) is 67.6 Å². The van der Waals surface area contributed by atoms with Crippen LogP contribution in [0.25, 0.3) is 11.2 Å². The molecule has 1 aliphatic rings. The number of carbonyl (C=O) groups is 1. The van der Waals surface area contributed by atoms with Gasteiger partial charge in [0.1, 0.15) is 11.5 Å². The molecule has 5 rings (SSSR count). The van der Waals surface area contributed by atoms with Gasteiger partial charge in [0.05, 0.1) is 27.1 Å². The molecular weight excluding hydrogens is 520 g/mol. The predicted molar refractivity (Wildman–Crippen MR) is 150 cm³/mol. The zero-order valence-electron chi connectivity index (χ0n) is 22.0. The van der Waals surface area contributed by atoms with Crippen LogP contribution in [0.4, 0.5) is 5.69 Å². The lowest BCUT2D eigenvalue weighted by molar-refractivity contribution is -0.116. The topological polar surface area (TPSA) is 132 Å². The second kappa shape index (κ2) is 11.4. The number of ether oxygens (including phenoxy) is 2. The van der Waals surface area contributed by atoms with Crippen molar-refractivity contribution < 1.29 is 14.3 Å². The summed E-state index contributed by atoms with van der Waals surface area (Å²) in [7, 11) is 3.17. The maximum Gasteiger partial charge on any atom is 0.330 e. The molecule has 11 nitrogen and oxygen atoms in total. The molecule has 204 valence electrons. The van der Waals surface area contributed by atoms with Crippen LogP contribution in [0.15, 0.2) is 51.1 Å². The highest BCUT2D eigenvalue weighted by Gasteiger charge is 2.18. The van der Waals surface area contributed by atoms with Crippen molar-refractivity contribution in [1.82, 2.24) is 23.8 Å². The summed E-state index contributed by atoms with van der Waals surface area (Å²) in [6, 6.07) is 9.74. The number of hydrogen-bond acceptors (Lipinski definition) is 8. The van der Waals surface area contributed by atoms with Gasteiger partial charge in [-0.25, -0.2) is 9.78 Å². The first-order valence-corrected chi connectivity index (χ1v) is 13.5. The van der Waals surface area contributed by atoms with Gasteiger partial charge in [-0.1, -0.05) is 0 Å². The van der Waals surface area contributed by atoms with E-state index in [0.29, 0.717) is 47.7 Å². The Kier molecular flexibility index (Phi) is 7.75. The van der Waals surface area contributed by atoms with Gasteiger partial charge in [-0.3, -0.25) is 23.9 Å². The minimum Gasteiger partial charge on any atom is -0.496 e. The van der Waals surface area contributed by atoms with Crippen molar-refractivity contribution in [2.45, 2.75) is 50.7 Å². The van der Waals surface area contributed by atoms with Crippen molar-refractivity contribution in [3.05, 3.63) is 74.2 Å². The number of carbonyl (C=O) groups excluding carboxylic acids is 1. The van der Waals surface area contributed by atoms with E-state index in [1.165, 1.54) is 16.5 Å². The molecule has 0 unspecified atom stereocenters. The Hall–Kier alpha value is -4.03. The second-order valence-corrected chi connectivity index (χ2v) is 10.1. The zero-order chi connectivity index (χ0) is 27.5. The van der Waals surface area contributed by atoms with Gasteiger partial charge < -0.3 is 19.4 Å². The molecule has 2 aromatic carbocycles. The van der Waals surface area contributed by atoms with Gasteiger partial charge >= 0.3 is 5.69 Å². The molecule has 12 heteroatoms. The Bertz CT molecular complexity index is 1660. The number of H-pyrrole nitrogens is 1. The van der Waals surface area contributed by atoms with Gasteiger partial charge in [-0.15, -0.1) is 0 Å². The summed E-state index contributed by atoms with van der Waals surface area (Å²) in [4.78, 5) is 44.7. The predicted octanol–water partition coefficient (Wildman–Crippen LogP) is 3.04. The maximum absolute atomic E-state index is 12.7. The van der Waals surface area contributed by atoms with E-state index in [2.05, 4.69) is 26.1 Å². The zero-order valence-corrected chi connectivity index (χ0v) is 22.8. The fraction of sp³-hybridized carbons (Fsp3) is 0.333. The highest BCUT2D eigenvalue weighted by molar-refractivity contribution is 7.97. The third kappa shape index (κ3) is 5.43. The van der Waals surface area contributed by atoms with E-state index in [9.17, 15) is 14.4 Å². The quantitative estimate of drug-likeness (QED) is 0.271. The lowest BCUT2D eigenvalue weighted by atomic mass is 10.1. The van der Waals surface area contributed by atoms with E-state index in [1.54, 1.807) is 25.1 Å². The smallest absolute Gasteiger partial charge is 0.330 e. The number of hydrogen-bond donors (Lipinski definition) is 3. The molecule has 0 fully saturated rings. The van der Waals surface area contributed by atoms with Gasteiger partial charge in [-0.2, -0.15) is 0 Å². The lowest BCUT2D eigenvalue weighted by Gasteiger charge is -2.16. The van der Waals surface area contributed by atoms with Crippen LogP contribution in [0.2, 0.25) is 0 Å². The molecular formula is C27H30N6O5S. The summed E-state index contributed by atoms with van der Waals surface area (Å²) in [5, 5.41) is 2.96. The maximum atomic E-state index is 12.7. The average Bonchev–Trinajstić information content (AvgIpc) is 3.28. The summed E-state index contributed by atoms with van der Waals surface area (Å²) >= 11 is 1.50. The Balaban J connectivity index is 1.37. The number of anilines is 1. The standard InChI is InChI=1S/C27H30N6O5S/c1-4-32-15-28-25-24(32)26(35)31-27(36)33(25)14-18-12-21(37-2)17(11-22(18)38-3)13-29-39-19-8-9-20-16(10-19)6-5-7-23(34)30-20/h8-12,15,29H,4-7,13-14H2,1-3H3,(H,30,34)(H,31,35,36). The summed E-state index contributed by atoms with van der Waals surface area (Å²) in [6.45, 7) is 3.08. The van der Waals surface area contributed by atoms with E-state index in [1.807, 2.05) is 31.2 Å². The van der Waals surface area contributed by atoms with E-state index >= 15 is 0 Å². The fourth-order valence-corrected chi connectivity index (χ4v) is 5.51. The number of amides is 1. The van der Waals surface area contributed by atoms with Gasteiger partial charge in [0.2, 0.25) is 5.91 Å². The number of methoxy groups -OCH3 is 2. The number of benzene rings is 2. The van der Waals surface area contributed by atoms with Gasteiger partial charge in [0.25, 0.3) is 5.56 Å². The first kappa shape index (κ1) is 26.6. The Morgan fingerprint density at radius 1 is 1.05 bits per heavy atom. The summed E-state index contributed by atoms with van der Waals surface area (Å²) in [5.41, 5.74) is 3.25. The van der Waals surface area contributed by atoms with Crippen molar-refractivity contribution in [2.75, 3.05) is 19.5 Å². The Morgan fingerprint density at radius 2 is 1.82 bits per heavy atom. The van der Waals surface area contributed by atoms with Crippen LogP contribution >= 0.6 is 11.9 Å². The number of nitrogens with one attached hydrogen (secondary N) is 3. The second-order valence-electron chi connectivity index (χ2n) is 9.17. The molecule has 0 aliphatic carbocycles. The van der Waals surface area contributed by atoms with Crippen LogP contribution in [0.1, 0.15) is 36.5 Å². The number of nitrogens with zero attached hydrogens (tertiary/aromatic N) is 3. The molecule has 0 spiro atoms. The molecule has 0 saturated heterocycles. The minimum absolute atomic E-state index is 0.0576. The minimum atomic E-state index is -0.544. The molecule has 0 bridgehead atoms. The first-order chi connectivity index (χ1) is 18.9. The largest absolute Gasteiger partial charge is 0.496 e. The van der Waals surface area contributed by atoms with Crippen LogP contribution in [-0.4, -0.2) is 39.2 Å². The normalized spacial score (nSPS) is 13.2. The number of rotatable bonds is 9. The number of aromatic nitrogens is 4. The molecule has 0 atom stereocenters. The van der Waals surface area contributed by atoms with Crippen molar-refractivity contribution in [3.63, 3.8) is 0 Å². The third-order valence-electron chi connectivity index (χ3n) is 6.76. The van der Waals surface area contributed by atoms with Crippen LogP contribution in [0, 0.1) is 0 Å². The van der Waals surface area contributed by atoms with Crippen LogP contribution in [-0.2, 0) is 30.8 Å². The number of aryl methyl sites for hydroxylation is 2. The average molecular weight is 551 g/mol. The van der Waals surface area contributed by atoms with E-state index in [0.717, 1.165) is 34.6 Å². The van der Waals surface area contributed by atoms with E-state index in [4.69, 9.17) is 9.47 Å². The Morgan fingerprint density at radius 3 is 2.59 bits per heavy atom. The lowest BCUT2D eigenvalue weighted by Crippen LogP contribution is -2.31.